The minimum Gasteiger partial charge on any atom is -0.489 e. The van der Waals surface area contributed by atoms with E-state index in [9.17, 15) is 24.4 Å². The van der Waals surface area contributed by atoms with Crippen LogP contribution in [0.3, 0.4) is 0 Å². The monoisotopic (exact) mass is 837 g/mol. The molecule has 5 aliphatic rings. The Balaban J connectivity index is 0.772. The molecule has 0 aromatic heterocycles. The number of rotatable bonds is 10. The van der Waals surface area contributed by atoms with Crippen LogP contribution in [0.25, 0.3) is 0 Å². The third-order valence-electron chi connectivity index (χ3n) is 13.7. The largest absolute Gasteiger partial charge is 0.489 e. The fourth-order valence-electron chi connectivity index (χ4n) is 10.5. The second-order valence-corrected chi connectivity index (χ2v) is 18.7. The lowest BCUT2D eigenvalue weighted by Crippen LogP contribution is -2.74. The van der Waals surface area contributed by atoms with E-state index in [4.69, 9.17) is 16.3 Å². The molecule has 3 saturated heterocycles. The SMILES string of the molecule is CC1(C)C(NC(=O)c2ccc(N3CCC(CCN4CCN(c5cc6c(cc5F)CN(C5CCC(=O)NC5=O)C6=O)CC4)CC3)cc2)C(C)(C)C1Oc1ccc(C#N)c(Cl)c1. The zero-order chi connectivity index (χ0) is 42.5. The van der Waals surface area contributed by atoms with Crippen molar-refractivity contribution >= 4 is 46.6 Å². The number of ether oxygens (including phenoxy) is 1. The number of piperidine rings is 2. The van der Waals surface area contributed by atoms with Crippen molar-refractivity contribution in [3.05, 3.63) is 87.7 Å². The molecule has 4 fully saturated rings. The Hall–Kier alpha value is -5.19. The lowest BCUT2D eigenvalue weighted by Gasteiger charge is -2.63. The van der Waals surface area contributed by atoms with E-state index in [1.807, 2.05) is 29.2 Å². The number of carbonyl (C=O) groups is 4. The van der Waals surface area contributed by atoms with Crippen LogP contribution in [0.15, 0.2) is 54.6 Å². The average Bonchev–Trinajstić information content (AvgIpc) is 3.54. The van der Waals surface area contributed by atoms with Crippen molar-refractivity contribution in [2.24, 2.45) is 16.7 Å². The molecule has 0 bridgehead atoms. The molecule has 1 unspecified atom stereocenters. The molecular formula is C46H53ClFN7O5. The van der Waals surface area contributed by atoms with Gasteiger partial charge in [-0.05, 0) is 92.2 Å². The van der Waals surface area contributed by atoms with Crippen molar-refractivity contribution in [1.82, 2.24) is 20.4 Å². The number of benzene rings is 3. The smallest absolute Gasteiger partial charge is 0.255 e. The second kappa shape index (κ2) is 16.3. The topological polar surface area (TPSA) is 138 Å². The molecule has 1 atom stereocenters. The molecule has 8 rings (SSSR count). The lowest BCUT2D eigenvalue weighted by atomic mass is 9.49. The van der Waals surface area contributed by atoms with Gasteiger partial charge in [-0.15, -0.1) is 0 Å². The summed E-state index contributed by atoms with van der Waals surface area (Å²) in [5, 5.41) is 15.2. The summed E-state index contributed by atoms with van der Waals surface area (Å²) < 4.78 is 21.8. The molecule has 12 nitrogen and oxygen atoms in total. The highest BCUT2D eigenvalue weighted by atomic mass is 35.5. The number of amides is 4. The van der Waals surface area contributed by atoms with Gasteiger partial charge in [0.25, 0.3) is 11.8 Å². The van der Waals surface area contributed by atoms with E-state index in [1.165, 1.54) is 11.0 Å². The standard InChI is InChI=1S/C46H53ClFN7O5/c1-45(2)43(46(3,4)44(45)60-33-10-7-30(26-49)35(47)24-33)51-40(57)29-5-8-32(9-6-29)53-17-14-28(15-18-53)13-16-52-19-21-54(22-20-52)38-25-34-31(23-36(38)48)27-55(42(34)59)37-11-12-39(56)50-41(37)58/h5-10,23-25,28,37,43-44H,11-22,27H2,1-4H3,(H,51,57)(H,50,56,58). The first-order chi connectivity index (χ1) is 28.6. The van der Waals surface area contributed by atoms with Gasteiger partial charge in [-0.1, -0.05) is 39.3 Å². The second-order valence-electron chi connectivity index (χ2n) is 18.3. The van der Waals surface area contributed by atoms with Gasteiger partial charge in [0.1, 0.15) is 29.8 Å². The van der Waals surface area contributed by atoms with Crippen LogP contribution in [0.5, 0.6) is 5.75 Å². The number of halogens is 2. The van der Waals surface area contributed by atoms with Crippen LogP contribution in [0, 0.1) is 33.9 Å². The number of piperazine rings is 1. The number of imide groups is 1. The molecule has 4 heterocycles. The van der Waals surface area contributed by atoms with Gasteiger partial charge in [0.2, 0.25) is 11.8 Å². The Kier molecular flexibility index (Phi) is 11.3. The normalized spacial score (nSPS) is 24.1. The molecule has 316 valence electrons. The predicted molar refractivity (Wildman–Crippen MR) is 226 cm³/mol. The number of nitriles is 1. The van der Waals surface area contributed by atoms with Gasteiger partial charge in [-0.25, -0.2) is 4.39 Å². The van der Waals surface area contributed by atoms with Crippen LogP contribution in [0.4, 0.5) is 15.8 Å². The van der Waals surface area contributed by atoms with E-state index in [-0.39, 0.29) is 65.9 Å². The highest BCUT2D eigenvalue weighted by molar-refractivity contribution is 6.31. The summed E-state index contributed by atoms with van der Waals surface area (Å²) in [7, 11) is 0. The van der Waals surface area contributed by atoms with Crippen LogP contribution in [-0.4, -0.2) is 97.4 Å². The molecule has 14 heteroatoms. The van der Waals surface area contributed by atoms with Gasteiger partial charge in [0.05, 0.1) is 16.3 Å². The maximum Gasteiger partial charge on any atom is 0.255 e. The molecule has 60 heavy (non-hydrogen) atoms. The van der Waals surface area contributed by atoms with E-state index < -0.39 is 11.9 Å². The number of nitrogens with one attached hydrogen (secondary N) is 2. The first-order valence-corrected chi connectivity index (χ1v) is 21.5. The highest BCUT2D eigenvalue weighted by Gasteiger charge is 2.64. The third kappa shape index (κ3) is 7.92. The van der Waals surface area contributed by atoms with E-state index in [0.717, 1.165) is 57.7 Å². The number of nitrogens with zero attached hydrogens (tertiary/aromatic N) is 5. The Bertz CT molecular complexity index is 2210. The van der Waals surface area contributed by atoms with E-state index in [0.29, 0.717) is 57.7 Å². The molecule has 2 N–H and O–H groups in total. The summed E-state index contributed by atoms with van der Waals surface area (Å²) in [5.41, 5.74) is 2.85. The summed E-state index contributed by atoms with van der Waals surface area (Å²) in [6.45, 7) is 14.4. The van der Waals surface area contributed by atoms with Gasteiger partial charge in [-0.3, -0.25) is 29.4 Å². The fourth-order valence-corrected chi connectivity index (χ4v) is 10.7. The molecule has 4 amide bonds. The molecule has 4 aliphatic heterocycles. The van der Waals surface area contributed by atoms with Gasteiger partial charge in [0.15, 0.2) is 0 Å². The van der Waals surface area contributed by atoms with E-state index in [2.05, 4.69) is 54.2 Å². The molecular weight excluding hydrogens is 785 g/mol. The summed E-state index contributed by atoms with van der Waals surface area (Å²) in [5.74, 6) is -0.363. The van der Waals surface area contributed by atoms with E-state index >= 15 is 4.39 Å². The number of fused-ring (bicyclic) bond motifs is 1. The predicted octanol–water partition coefficient (Wildman–Crippen LogP) is 6.15. The lowest BCUT2D eigenvalue weighted by molar-refractivity contribution is -0.164. The van der Waals surface area contributed by atoms with Gasteiger partial charge in [0, 0.05) is 92.0 Å². The Labute approximate surface area is 355 Å². The van der Waals surface area contributed by atoms with Crippen molar-refractivity contribution in [3.8, 4) is 11.8 Å². The Morgan fingerprint density at radius 2 is 1.63 bits per heavy atom. The van der Waals surface area contributed by atoms with Crippen LogP contribution < -0.4 is 25.2 Å². The summed E-state index contributed by atoms with van der Waals surface area (Å²) in [6.07, 6.45) is 3.56. The molecule has 0 radical (unpaired) electrons. The highest BCUT2D eigenvalue weighted by Crippen LogP contribution is 2.55. The minimum absolute atomic E-state index is 0.113. The fraction of sp³-hybridized carbons (Fsp3) is 0.500. The van der Waals surface area contributed by atoms with Gasteiger partial charge >= 0.3 is 0 Å². The van der Waals surface area contributed by atoms with Crippen molar-refractivity contribution in [2.45, 2.75) is 84.5 Å². The van der Waals surface area contributed by atoms with Gasteiger partial charge in [-0.2, -0.15) is 5.26 Å². The summed E-state index contributed by atoms with van der Waals surface area (Å²) >= 11 is 6.25. The van der Waals surface area contributed by atoms with Crippen LogP contribution in [0.1, 0.15) is 91.6 Å². The first-order valence-electron chi connectivity index (χ1n) is 21.1. The number of hydrogen-bond acceptors (Lipinski definition) is 9. The number of carbonyl (C=O) groups excluding carboxylic acids is 4. The van der Waals surface area contributed by atoms with Crippen molar-refractivity contribution < 1.29 is 28.3 Å². The molecule has 0 spiro atoms. The molecule has 3 aromatic carbocycles. The van der Waals surface area contributed by atoms with Crippen LogP contribution in [0.2, 0.25) is 5.02 Å². The maximum atomic E-state index is 15.4. The average molecular weight is 838 g/mol. The van der Waals surface area contributed by atoms with E-state index in [1.54, 1.807) is 24.3 Å². The molecule has 1 aliphatic carbocycles. The Morgan fingerprint density at radius 1 is 0.933 bits per heavy atom. The van der Waals surface area contributed by atoms with Crippen molar-refractivity contribution in [1.29, 1.82) is 5.26 Å². The van der Waals surface area contributed by atoms with Crippen molar-refractivity contribution in [3.63, 3.8) is 0 Å². The summed E-state index contributed by atoms with van der Waals surface area (Å²) in [4.78, 5) is 59.2. The van der Waals surface area contributed by atoms with Crippen LogP contribution >= 0.6 is 11.6 Å². The minimum atomic E-state index is -0.725. The molecule has 1 saturated carbocycles. The number of hydrogen-bond donors (Lipinski definition) is 2. The Morgan fingerprint density at radius 3 is 2.28 bits per heavy atom. The maximum absolute atomic E-state index is 15.4. The third-order valence-corrected chi connectivity index (χ3v) is 14.0. The molecule has 3 aromatic rings. The van der Waals surface area contributed by atoms with Crippen molar-refractivity contribution in [2.75, 3.05) is 55.6 Å². The summed E-state index contributed by atoms with van der Waals surface area (Å²) in [6, 6.07) is 17.3. The zero-order valence-electron chi connectivity index (χ0n) is 34.7. The van der Waals surface area contributed by atoms with Crippen LogP contribution in [-0.2, 0) is 16.1 Å². The van der Waals surface area contributed by atoms with Gasteiger partial charge < -0.3 is 24.8 Å². The first kappa shape index (κ1) is 41.5. The quantitative estimate of drug-likeness (QED) is 0.230. The zero-order valence-corrected chi connectivity index (χ0v) is 35.5. The number of anilines is 2.